The minimum atomic E-state index is 0.526. The lowest BCUT2D eigenvalue weighted by molar-refractivity contribution is 0.316. The highest BCUT2D eigenvalue weighted by atomic mass is 15.2. The fourth-order valence-electron chi connectivity index (χ4n) is 3.57. The first-order chi connectivity index (χ1) is 10.2. The van der Waals surface area contributed by atoms with Gasteiger partial charge in [-0.1, -0.05) is 13.8 Å². The van der Waals surface area contributed by atoms with E-state index in [2.05, 4.69) is 34.8 Å². The van der Waals surface area contributed by atoms with Crippen molar-refractivity contribution in [3.63, 3.8) is 0 Å². The Labute approximate surface area is 128 Å². The van der Waals surface area contributed by atoms with Crippen LogP contribution in [0.5, 0.6) is 0 Å². The van der Waals surface area contributed by atoms with Crippen molar-refractivity contribution < 1.29 is 0 Å². The van der Waals surface area contributed by atoms with E-state index in [1.165, 1.54) is 56.8 Å². The highest BCUT2D eigenvalue weighted by Gasteiger charge is 2.22. The van der Waals surface area contributed by atoms with Gasteiger partial charge in [-0.25, -0.2) is 4.98 Å². The van der Waals surface area contributed by atoms with Crippen molar-refractivity contribution in [2.45, 2.75) is 57.9 Å². The molecule has 2 saturated heterocycles. The number of rotatable bonds is 5. The molecule has 0 spiro atoms. The van der Waals surface area contributed by atoms with Crippen LogP contribution in [0.15, 0.2) is 6.20 Å². The minimum absolute atomic E-state index is 0.526. The molecule has 1 N–H and O–H groups in total. The first-order valence-electron chi connectivity index (χ1n) is 8.74. The number of hydrogen-bond acceptors (Lipinski definition) is 3. The van der Waals surface area contributed by atoms with Crippen molar-refractivity contribution in [2.24, 2.45) is 0 Å². The van der Waals surface area contributed by atoms with Gasteiger partial charge in [-0.05, 0) is 57.8 Å². The molecule has 0 saturated carbocycles. The van der Waals surface area contributed by atoms with E-state index in [0.717, 1.165) is 19.6 Å². The van der Waals surface area contributed by atoms with Crippen molar-refractivity contribution in [1.82, 2.24) is 19.8 Å². The Morgan fingerprint density at radius 2 is 1.90 bits per heavy atom. The zero-order valence-electron chi connectivity index (χ0n) is 13.6. The summed E-state index contributed by atoms with van der Waals surface area (Å²) in [7, 11) is 0. The van der Waals surface area contributed by atoms with Gasteiger partial charge in [0.15, 0.2) is 0 Å². The van der Waals surface area contributed by atoms with Crippen molar-refractivity contribution in [3.8, 4) is 0 Å². The Morgan fingerprint density at radius 3 is 2.57 bits per heavy atom. The van der Waals surface area contributed by atoms with E-state index in [-0.39, 0.29) is 0 Å². The number of aromatic nitrogens is 2. The largest absolute Gasteiger partial charge is 0.333 e. The van der Waals surface area contributed by atoms with Crippen LogP contribution in [0, 0.1) is 0 Å². The molecule has 2 fully saturated rings. The van der Waals surface area contributed by atoms with Crippen molar-refractivity contribution in [1.29, 1.82) is 0 Å². The molecule has 0 unspecified atom stereocenters. The molecular formula is C17H30N4. The van der Waals surface area contributed by atoms with Gasteiger partial charge in [0.1, 0.15) is 5.82 Å². The van der Waals surface area contributed by atoms with Crippen LogP contribution >= 0.6 is 0 Å². The van der Waals surface area contributed by atoms with Crippen LogP contribution in [0.1, 0.15) is 62.9 Å². The van der Waals surface area contributed by atoms with E-state index in [1.54, 1.807) is 0 Å². The van der Waals surface area contributed by atoms with Crippen LogP contribution < -0.4 is 5.32 Å². The van der Waals surface area contributed by atoms with Gasteiger partial charge in [0.25, 0.3) is 0 Å². The van der Waals surface area contributed by atoms with Gasteiger partial charge in [0.2, 0.25) is 0 Å². The molecule has 0 aliphatic carbocycles. The van der Waals surface area contributed by atoms with Gasteiger partial charge in [-0.3, -0.25) is 0 Å². The van der Waals surface area contributed by atoms with E-state index in [1.807, 2.05) is 0 Å². The van der Waals surface area contributed by atoms with Gasteiger partial charge in [-0.15, -0.1) is 0 Å². The second kappa shape index (κ2) is 6.93. The molecular weight excluding hydrogens is 260 g/mol. The first-order valence-corrected chi connectivity index (χ1v) is 8.74. The van der Waals surface area contributed by atoms with Crippen LogP contribution in [0.25, 0.3) is 0 Å². The third kappa shape index (κ3) is 3.67. The highest BCUT2D eigenvalue weighted by Crippen LogP contribution is 2.26. The van der Waals surface area contributed by atoms with E-state index < -0.39 is 0 Å². The molecule has 3 rings (SSSR count). The SMILES string of the molecule is CC(C)c1cn(CCN2CCCC2)c(C2CCNCC2)n1. The monoisotopic (exact) mass is 290 g/mol. The summed E-state index contributed by atoms with van der Waals surface area (Å²) in [5.41, 5.74) is 1.27. The zero-order chi connectivity index (χ0) is 14.7. The standard InChI is InChI=1S/C17H30N4/c1-14(2)16-13-21(12-11-20-9-3-4-10-20)17(19-16)15-5-7-18-8-6-15/h13-15,18H,3-12H2,1-2H3. The number of imidazole rings is 1. The Kier molecular flexibility index (Phi) is 4.96. The summed E-state index contributed by atoms with van der Waals surface area (Å²) in [5.74, 6) is 2.52. The summed E-state index contributed by atoms with van der Waals surface area (Å²) in [6.07, 6.45) is 7.54. The molecule has 4 nitrogen and oxygen atoms in total. The number of nitrogens with one attached hydrogen (secondary N) is 1. The average molecular weight is 290 g/mol. The molecule has 4 heteroatoms. The first kappa shape index (κ1) is 15.0. The predicted octanol–water partition coefficient (Wildman–Crippen LogP) is 2.57. The zero-order valence-corrected chi connectivity index (χ0v) is 13.6. The summed E-state index contributed by atoms with van der Waals surface area (Å²) < 4.78 is 2.46. The molecule has 0 aromatic carbocycles. The molecule has 0 atom stereocenters. The van der Waals surface area contributed by atoms with Crippen LogP contribution in [0.4, 0.5) is 0 Å². The third-order valence-corrected chi connectivity index (χ3v) is 4.98. The van der Waals surface area contributed by atoms with Crippen molar-refractivity contribution in [3.05, 3.63) is 17.7 Å². The Bertz CT molecular complexity index is 440. The molecule has 2 aliphatic rings. The number of nitrogens with zero attached hydrogens (tertiary/aromatic N) is 3. The number of likely N-dealkylation sites (tertiary alicyclic amines) is 1. The molecule has 1 aromatic rings. The maximum Gasteiger partial charge on any atom is 0.112 e. The van der Waals surface area contributed by atoms with E-state index >= 15 is 0 Å². The Hall–Kier alpha value is -0.870. The van der Waals surface area contributed by atoms with Gasteiger partial charge in [0.05, 0.1) is 5.69 Å². The summed E-state index contributed by atoms with van der Waals surface area (Å²) in [4.78, 5) is 7.59. The van der Waals surface area contributed by atoms with Crippen LogP contribution in [-0.4, -0.2) is 47.2 Å². The fraction of sp³-hybridized carbons (Fsp3) is 0.824. The maximum absolute atomic E-state index is 5.00. The Balaban J connectivity index is 1.72. The second-order valence-corrected chi connectivity index (χ2v) is 6.95. The van der Waals surface area contributed by atoms with Crippen LogP contribution in [-0.2, 0) is 6.54 Å². The highest BCUT2D eigenvalue weighted by molar-refractivity contribution is 5.12. The second-order valence-electron chi connectivity index (χ2n) is 6.95. The molecule has 0 radical (unpaired) electrons. The van der Waals surface area contributed by atoms with Crippen LogP contribution in [0.2, 0.25) is 0 Å². The minimum Gasteiger partial charge on any atom is -0.333 e. The Morgan fingerprint density at radius 1 is 1.19 bits per heavy atom. The summed E-state index contributed by atoms with van der Waals surface area (Å²) in [6.45, 7) is 11.6. The quantitative estimate of drug-likeness (QED) is 0.905. The van der Waals surface area contributed by atoms with E-state index in [4.69, 9.17) is 4.98 Å². The lowest BCUT2D eigenvalue weighted by Gasteiger charge is -2.24. The predicted molar refractivity (Wildman–Crippen MR) is 86.8 cm³/mol. The number of hydrogen-bond donors (Lipinski definition) is 1. The molecule has 3 heterocycles. The third-order valence-electron chi connectivity index (χ3n) is 4.98. The van der Waals surface area contributed by atoms with Gasteiger partial charge < -0.3 is 14.8 Å². The van der Waals surface area contributed by atoms with Crippen LogP contribution in [0.3, 0.4) is 0 Å². The fourth-order valence-corrected chi connectivity index (χ4v) is 3.57. The van der Waals surface area contributed by atoms with Gasteiger partial charge >= 0.3 is 0 Å². The molecule has 1 aromatic heterocycles. The van der Waals surface area contributed by atoms with E-state index in [9.17, 15) is 0 Å². The molecule has 0 amide bonds. The molecule has 2 aliphatic heterocycles. The smallest absolute Gasteiger partial charge is 0.112 e. The van der Waals surface area contributed by atoms with E-state index in [0.29, 0.717) is 11.8 Å². The van der Waals surface area contributed by atoms with Crippen molar-refractivity contribution in [2.75, 3.05) is 32.7 Å². The summed E-state index contributed by atoms with van der Waals surface area (Å²) in [5, 5.41) is 3.46. The molecule has 0 bridgehead atoms. The molecule has 21 heavy (non-hydrogen) atoms. The maximum atomic E-state index is 5.00. The van der Waals surface area contributed by atoms with Gasteiger partial charge in [0, 0.05) is 25.2 Å². The lowest BCUT2D eigenvalue weighted by Crippen LogP contribution is -2.29. The van der Waals surface area contributed by atoms with Gasteiger partial charge in [-0.2, -0.15) is 0 Å². The summed E-state index contributed by atoms with van der Waals surface area (Å²) in [6, 6.07) is 0. The normalized spacial score (nSPS) is 21.5. The number of piperidine rings is 1. The lowest BCUT2D eigenvalue weighted by atomic mass is 9.97. The topological polar surface area (TPSA) is 33.1 Å². The molecule has 118 valence electrons. The average Bonchev–Trinajstić information content (AvgIpc) is 3.15. The van der Waals surface area contributed by atoms with Crippen molar-refractivity contribution >= 4 is 0 Å². The summed E-state index contributed by atoms with van der Waals surface area (Å²) >= 11 is 0.